The zero-order valence-electron chi connectivity index (χ0n) is 13.9. The number of hydrogen-bond donors (Lipinski definition) is 2. The number of urea groups is 1. The van der Waals surface area contributed by atoms with Gasteiger partial charge >= 0.3 is 24.1 Å². The minimum Gasteiger partial charge on any atom is -0.482 e. The monoisotopic (exact) mass is 378 g/mol. The number of benzene rings is 1. The lowest BCUT2D eigenvalue weighted by atomic mass is 10.2. The highest BCUT2D eigenvalue weighted by molar-refractivity contribution is 5.94. The van der Waals surface area contributed by atoms with Crippen molar-refractivity contribution < 1.29 is 42.1 Å². The normalized spacial score (nSPS) is 10.8. The average molecular weight is 378 g/mol. The summed E-state index contributed by atoms with van der Waals surface area (Å²) in [6.45, 7) is -1.74. The molecule has 2 amide bonds. The molecule has 26 heavy (non-hydrogen) atoms. The van der Waals surface area contributed by atoms with E-state index in [-0.39, 0.29) is 30.0 Å². The number of aliphatic carboxylic acids is 1. The first-order valence-corrected chi connectivity index (χ1v) is 7.19. The Morgan fingerprint density at radius 3 is 2.46 bits per heavy atom. The molecule has 0 saturated heterocycles. The second-order valence-electron chi connectivity index (χ2n) is 5.10. The summed E-state index contributed by atoms with van der Waals surface area (Å²) in [6, 6.07) is 2.67. The van der Waals surface area contributed by atoms with Gasteiger partial charge in [-0.15, -0.1) is 0 Å². The molecule has 0 aromatic heterocycles. The van der Waals surface area contributed by atoms with Crippen molar-refractivity contribution in [2.45, 2.75) is 12.6 Å². The van der Waals surface area contributed by atoms with Crippen molar-refractivity contribution in [1.82, 2.24) is 4.90 Å². The van der Waals surface area contributed by atoms with E-state index in [0.717, 1.165) is 18.1 Å². The number of hydrogen-bond acceptors (Lipinski definition) is 5. The fourth-order valence-electron chi connectivity index (χ4n) is 1.72. The minimum atomic E-state index is -4.62. The number of nitrogens with one attached hydrogen (secondary N) is 1. The molecule has 0 radical (unpaired) electrons. The van der Waals surface area contributed by atoms with Crippen molar-refractivity contribution in [2.75, 3.05) is 32.6 Å². The smallest absolute Gasteiger partial charge is 0.422 e. The van der Waals surface area contributed by atoms with Gasteiger partial charge < -0.3 is 24.8 Å². The summed E-state index contributed by atoms with van der Waals surface area (Å²) in [4.78, 5) is 35.1. The maximum atomic E-state index is 12.4. The molecule has 144 valence electrons. The number of carboxylic acid groups (broad SMARTS) is 1. The molecule has 1 aromatic rings. The van der Waals surface area contributed by atoms with Crippen LogP contribution in [-0.2, 0) is 9.53 Å². The van der Waals surface area contributed by atoms with Crippen LogP contribution in [0.2, 0.25) is 0 Å². The van der Waals surface area contributed by atoms with Crippen molar-refractivity contribution in [3.8, 4) is 5.75 Å². The lowest BCUT2D eigenvalue weighted by Gasteiger charge is -2.19. The van der Waals surface area contributed by atoms with E-state index < -0.39 is 30.8 Å². The molecule has 1 aromatic carbocycles. The molecule has 0 aliphatic heterocycles. The summed E-state index contributed by atoms with van der Waals surface area (Å²) in [6.07, 6.45) is -4.93. The van der Waals surface area contributed by atoms with E-state index in [2.05, 4.69) is 14.8 Å². The molecule has 0 heterocycles. The molecule has 8 nitrogen and oxygen atoms in total. The minimum absolute atomic E-state index is 0.0677. The van der Waals surface area contributed by atoms with Gasteiger partial charge in [-0.05, 0) is 18.2 Å². The van der Waals surface area contributed by atoms with Gasteiger partial charge in [-0.1, -0.05) is 0 Å². The number of nitrogens with zero attached hydrogens (tertiary/aromatic N) is 1. The Labute approximate surface area is 146 Å². The molecule has 0 aliphatic rings. The Balaban J connectivity index is 2.98. The van der Waals surface area contributed by atoms with Crippen LogP contribution in [0.4, 0.5) is 23.7 Å². The van der Waals surface area contributed by atoms with E-state index >= 15 is 0 Å². The largest absolute Gasteiger partial charge is 0.482 e. The predicted octanol–water partition coefficient (Wildman–Crippen LogP) is 2.35. The Hall–Kier alpha value is -2.98. The van der Waals surface area contributed by atoms with Crippen LogP contribution in [0.15, 0.2) is 18.2 Å². The van der Waals surface area contributed by atoms with Crippen LogP contribution in [0.25, 0.3) is 0 Å². The van der Waals surface area contributed by atoms with Gasteiger partial charge in [-0.25, -0.2) is 9.59 Å². The quantitative estimate of drug-likeness (QED) is 0.706. The van der Waals surface area contributed by atoms with Crippen molar-refractivity contribution in [3.63, 3.8) is 0 Å². The van der Waals surface area contributed by atoms with Crippen molar-refractivity contribution in [3.05, 3.63) is 23.8 Å². The molecule has 2 N–H and O–H groups in total. The zero-order chi connectivity index (χ0) is 19.9. The van der Waals surface area contributed by atoms with Gasteiger partial charge in [0.25, 0.3) is 0 Å². The second-order valence-corrected chi connectivity index (χ2v) is 5.10. The molecule has 0 saturated carbocycles. The second kappa shape index (κ2) is 8.92. The van der Waals surface area contributed by atoms with E-state index in [1.807, 2.05) is 0 Å². The number of amides is 2. The number of anilines is 1. The van der Waals surface area contributed by atoms with Crippen molar-refractivity contribution >= 4 is 23.7 Å². The first-order chi connectivity index (χ1) is 12.0. The third-order valence-corrected chi connectivity index (χ3v) is 3.04. The SMILES string of the molecule is COC(=O)c1ccc(NC(=O)N(C)CCC(=O)O)c(OCC(F)(F)F)c1. The lowest BCUT2D eigenvalue weighted by Crippen LogP contribution is -2.33. The number of carboxylic acids is 1. The topological polar surface area (TPSA) is 105 Å². The Bertz CT molecular complexity index is 678. The number of carbonyl (C=O) groups excluding carboxylic acids is 2. The van der Waals surface area contributed by atoms with Crippen LogP contribution in [0.5, 0.6) is 5.75 Å². The molecule has 0 atom stereocenters. The summed E-state index contributed by atoms with van der Waals surface area (Å²) in [5.41, 5.74) is -0.184. The van der Waals surface area contributed by atoms with Crippen LogP contribution in [0.3, 0.4) is 0 Å². The molecule has 0 bridgehead atoms. The number of methoxy groups -OCH3 is 1. The first kappa shape index (κ1) is 21.1. The van der Waals surface area contributed by atoms with E-state index in [1.54, 1.807) is 0 Å². The van der Waals surface area contributed by atoms with E-state index in [1.165, 1.54) is 19.2 Å². The molecule has 1 rings (SSSR count). The standard InChI is InChI=1S/C15H17F3N2O6/c1-20(6-5-12(21)22)14(24)19-10-4-3-9(13(23)25-2)7-11(10)26-8-15(16,17)18/h3-4,7H,5-6,8H2,1-2H3,(H,19,24)(H,21,22). The van der Waals surface area contributed by atoms with Gasteiger partial charge in [0.2, 0.25) is 0 Å². The summed E-state index contributed by atoms with van der Waals surface area (Å²) in [5, 5.41) is 10.9. The molecule has 0 aliphatic carbocycles. The molecule has 11 heteroatoms. The summed E-state index contributed by atoms with van der Waals surface area (Å²) < 4.78 is 46.3. The highest BCUT2D eigenvalue weighted by atomic mass is 19.4. The molecule has 0 unspecified atom stereocenters. The summed E-state index contributed by atoms with van der Waals surface area (Å²) >= 11 is 0. The number of carbonyl (C=O) groups is 3. The van der Waals surface area contributed by atoms with Gasteiger partial charge in [-0.2, -0.15) is 13.2 Å². The third kappa shape index (κ3) is 6.87. The van der Waals surface area contributed by atoms with Gasteiger partial charge in [-0.3, -0.25) is 4.79 Å². The van der Waals surface area contributed by atoms with E-state index in [4.69, 9.17) is 5.11 Å². The summed E-state index contributed by atoms with van der Waals surface area (Å²) in [7, 11) is 2.42. The highest BCUT2D eigenvalue weighted by Gasteiger charge is 2.29. The van der Waals surface area contributed by atoms with Crippen molar-refractivity contribution in [2.24, 2.45) is 0 Å². The highest BCUT2D eigenvalue weighted by Crippen LogP contribution is 2.28. The molecule has 0 fully saturated rings. The molecule has 0 spiro atoms. The van der Waals surface area contributed by atoms with Crippen LogP contribution in [-0.4, -0.2) is 61.5 Å². The fourth-order valence-corrected chi connectivity index (χ4v) is 1.72. The number of ether oxygens (including phenoxy) is 2. The number of halogens is 3. The van der Waals surface area contributed by atoms with Crippen LogP contribution < -0.4 is 10.1 Å². The molecular formula is C15H17F3N2O6. The van der Waals surface area contributed by atoms with Crippen molar-refractivity contribution in [1.29, 1.82) is 0 Å². The van der Waals surface area contributed by atoms with Gasteiger partial charge in [0.15, 0.2) is 6.61 Å². The van der Waals surface area contributed by atoms with Gasteiger partial charge in [0.1, 0.15) is 5.75 Å². The van der Waals surface area contributed by atoms with E-state index in [9.17, 15) is 27.6 Å². The zero-order valence-corrected chi connectivity index (χ0v) is 13.9. The lowest BCUT2D eigenvalue weighted by molar-refractivity contribution is -0.153. The number of esters is 1. The maximum Gasteiger partial charge on any atom is 0.422 e. The Morgan fingerprint density at radius 2 is 1.92 bits per heavy atom. The Kier molecular flexibility index (Phi) is 7.23. The predicted molar refractivity (Wildman–Crippen MR) is 83.2 cm³/mol. The van der Waals surface area contributed by atoms with Crippen LogP contribution >= 0.6 is 0 Å². The number of rotatable bonds is 7. The maximum absolute atomic E-state index is 12.4. The third-order valence-electron chi connectivity index (χ3n) is 3.04. The fraction of sp³-hybridized carbons (Fsp3) is 0.400. The molecular weight excluding hydrogens is 361 g/mol. The summed E-state index contributed by atoms with van der Waals surface area (Å²) in [5.74, 6) is -2.29. The van der Waals surface area contributed by atoms with Gasteiger partial charge in [0.05, 0.1) is 24.8 Å². The average Bonchev–Trinajstić information content (AvgIpc) is 2.57. The first-order valence-electron chi connectivity index (χ1n) is 7.19. The van der Waals surface area contributed by atoms with Crippen LogP contribution in [0.1, 0.15) is 16.8 Å². The number of alkyl halides is 3. The Morgan fingerprint density at radius 1 is 1.27 bits per heavy atom. The van der Waals surface area contributed by atoms with E-state index in [0.29, 0.717) is 0 Å². The van der Waals surface area contributed by atoms with Crippen LogP contribution in [0, 0.1) is 0 Å². The van der Waals surface area contributed by atoms with Gasteiger partial charge in [0, 0.05) is 13.6 Å².